The third-order valence-corrected chi connectivity index (χ3v) is 2.55. The molecule has 0 radical (unpaired) electrons. The molecule has 1 aliphatic heterocycles. The molecule has 0 unspecified atom stereocenters. The Hall–Kier alpha value is -0.690. The Morgan fingerprint density at radius 1 is 1.55 bits per heavy atom. The van der Waals surface area contributed by atoms with Gasteiger partial charge in [-0.25, -0.2) is 0 Å². The summed E-state index contributed by atoms with van der Waals surface area (Å²) in [4.78, 5) is 0. The van der Waals surface area contributed by atoms with E-state index in [0.717, 1.165) is 5.75 Å². The summed E-state index contributed by atoms with van der Waals surface area (Å²) in [7, 11) is 0. The summed E-state index contributed by atoms with van der Waals surface area (Å²) in [5.74, 6) is 1.12. The molecule has 0 saturated heterocycles. The molecule has 0 nitrogen and oxygen atoms in total. The molecule has 0 saturated carbocycles. The van der Waals surface area contributed by atoms with E-state index in [4.69, 9.17) is 0 Å². The highest BCUT2D eigenvalue weighted by molar-refractivity contribution is 8.02. The largest absolute Gasteiger partial charge is 0.129 e. The van der Waals surface area contributed by atoms with Gasteiger partial charge in [0.1, 0.15) is 0 Å². The molecule has 1 heterocycles. The molecule has 0 fully saturated rings. The van der Waals surface area contributed by atoms with Gasteiger partial charge in [0.25, 0.3) is 0 Å². The van der Waals surface area contributed by atoms with Crippen molar-refractivity contribution in [1.29, 1.82) is 0 Å². The van der Waals surface area contributed by atoms with Crippen molar-refractivity contribution >= 4 is 11.8 Å². The number of thioether (sulfide) groups is 1. The zero-order valence-corrected chi connectivity index (χ0v) is 7.53. The zero-order chi connectivity index (χ0) is 8.10. The molecule has 0 aromatic rings. The summed E-state index contributed by atoms with van der Waals surface area (Å²) in [6, 6.07) is 0. The molecule has 1 aliphatic rings. The van der Waals surface area contributed by atoms with E-state index in [-0.39, 0.29) is 0 Å². The van der Waals surface area contributed by atoms with Crippen LogP contribution in [0.5, 0.6) is 0 Å². The van der Waals surface area contributed by atoms with E-state index in [1.807, 2.05) is 23.9 Å². The minimum Gasteiger partial charge on any atom is -0.129 e. The van der Waals surface area contributed by atoms with Gasteiger partial charge in [0, 0.05) is 5.75 Å². The fourth-order valence-electron chi connectivity index (χ4n) is 0.876. The molecule has 11 heavy (non-hydrogen) atoms. The Labute approximate surface area is 72.4 Å². The normalized spacial score (nSPS) is 21.2. The van der Waals surface area contributed by atoms with Crippen LogP contribution in [0.25, 0.3) is 0 Å². The molecule has 0 aliphatic carbocycles. The van der Waals surface area contributed by atoms with Crippen LogP contribution in [-0.4, -0.2) is 5.75 Å². The maximum atomic E-state index is 3.61. The summed E-state index contributed by atoms with van der Waals surface area (Å²) < 4.78 is 0. The van der Waals surface area contributed by atoms with E-state index in [9.17, 15) is 0 Å². The minimum absolute atomic E-state index is 1.12. The van der Waals surface area contributed by atoms with Crippen molar-refractivity contribution in [1.82, 2.24) is 0 Å². The number of allylic oxidation sites excluding steroid dienone is 5. The lowest BCUT2D eigenvalue weighted by atomic mass is 10.1. The third-order valence-electron chi connectivity index (χ3n) is 1.55. The molecule has 0 bridgehead atoms. The Balaban J connectivity index is 2.60. The van der Waals surface area contributed by atoms with Crippen molar-refractivity contribution in [3.05, 3.63) is 47.4 Å². The minimum atomic E-state index is 1.12. The molecule has 1 heteroatoms. The molecule has 0 aromatic carbocycles. The first-order chi connectivity index (χ1) is 5.34. The first kappa shape index (κ1) is 8.41. The molecule has 0 spiro atoms. The molecule has 0 aromatic heterocycles. The molecule has 0 atom stereocenters. The van der Waals surface area contributed by atoms with Gasteiger partial charge < -0.3 is 0 Å². The van der Waals surface area contributed by atoms with Gasteiger partial charge in [-0.3, -0.25) is 0 Å². The van der Waals surface area contributed by atoms with Crippen LogP contribution in [0.4, 0.5) is 0 Å². The highest BCUT2D eigenvalue weighted by Crippen LogP contribution is 2.26. The van der Waals surface area contributed by atoms with Crippen LogP contribution in [0, 0.1) is 0 Å². The fourth-order valence-corrected chi connectivity index (χ4v) is 1.86. The van der Waals surface area contributed by atoms with Gasteiger partial charge in [0.2, 0.25) is 0 Å². The third kappa shape index (κ3) is 2.43. The van der Waals surface area contributed by atoms with E-state index < -0.39 is 0 Å². The van der Waals surface area contributed by atoms with Gasteiger partial charge in [-0.2, -0.15) is 0 Å². The quantitative estimate of drug-likeness (QED) is 0.564. The second-order valence-electron chi connectivity index (χ2n) is 2.42. The summed E-state index contributed by atoms with van der Waals surface area (Å²) in [6.45, 7) is 5.75. The van der Waals surface area contributed by atoms with Gasteiger partial charge in [-0.1, -0.05) is 30.9 Å². The Bertz CT molecular complexity index is 231. The van der Waals surface area contributed by atoms with E-state index in [1.165, 1.54) is 11.1 Å². The van der Waals surface area contributed by atoms with Gasteiger partial charge in [-0.15, -0.1) is 11.8 Å². The number of hydrogen-bond acceptors (Lipinski definition) is 1. The topological polar surface area (TPSA) is 0 Å². The van der Waals surface area contributed by atoms with Crippen LogP contribution < -0.4 is 0 Å². The lowest BCUT2D eigenvalue weighted by Crippen LogP contribution is -1.79. The molecule has 1 rings (SSSR count). The predicted molar refractivity (Wildman–Crippen MR) is 53.6 cm³/mol. The Morgan fingerprint density at radius 2 is 2.36 bits per heavy atom. The van der Waals surface area contributed by atoms with E-state index in [2.05, 4.69) is 25.0 Å². The molecule has 58 valence electrons. The highest BCUT2D eigenvalue weighted by Gasteiger charge is 2.04. The van der Waals surface area contributed by atoms with Gasteiger partial charge in [-0.05, 0) is 23.5 Å². The van der Waals surface area contributed by atoms with Crippen LogP contribution in [0.2, 0.25) is 0 Å². The first-order valence-corrected chi connectivity index (χ1v) is 4.66. The summed E-state index contributed by atoms with van der Waals surface area (Å²) in [5, 5.41) is 2.20. The fraction of sp³-hybridized carbons (Fsp3) is 0.200. The van der Waals surface area contributed by atoms with Gasteiger partial charge in [0.05, 0.1) is 0 Å². The highest BCUT2D eigenvalue weighted by atomic mass is 32.2. The smallest absolute Gasteiger partial charge is 0.0228 e. The van der Waals surface area contributed by atoms with Crippen LogP contribution in [0.3, 0.4) is 0 Å². The van der Waals surface area contributed by atoms with Crippen LogP contribution in [0.1, 0.15) is 6.92 Å². The van der Waals surface area contributed by atoms with Crippen molar-refractivity contribution in [2.45, 2.75) is 6.92 Å². The van der Waals surface area contributed by atoms with E-state index in [1.54, 1.807) is 6.08 Å². The second-order valence-corrected chi connectivity index (χ2v) is 3.28. The summed E-state index contributed by atoms with van der Waals surface area (Å²) >= 11 is 1.86. The molecular formula is C10H12S. The van der Waals surface area contributed by atoms with Crippen LogP contribution >= 0.6 is 11.8 Å². The summed E-state index contributed by atoms with van der Waals surface area (Å²) in [6.07, 6.45) is 7.92. The average Bonchev–Trinajstić information content (AvgIpc) is 2.37. The predicted octanol–water partition coefficient (Wildman–Crippen LogP) is 3.31. The lowest BCUT2D eigenvalue weighted by molar-refractivity contribution is 1.40. The number of hydrogen-bond donors (Lipinski definition) is 0. The molecular weight excluding hydrogens is 152 g/mol. The standard InChI is InChI=1S/C10H12S/c1-3-4-5-6-10-8-11-7-9(10)2/h3-7H,1,8H2,2H3/b5-4-,10-6+. The first-order valence-electron chi connectivity index (χ1n) is 3.61. The molecule has 0 N–H and O–H groups in total. The van der Waals surface area contributed by atoms with Crippen molar-refractivity contribution in [2.24, 2.45) is 0 Å². The molecule has 0 amide bonds. The maximum absolute atomic E-state index is 3.61. The Morgan fingerprint density at radius 3 is 2.91 bits per heavy atom. The van der Waals surface area contributed by atoms with Gasteiger partial charge >= 0.3 is 0 Å². The van der Waals surface area contributed by atoms with Crippen molar-refractivity contribution in [3.8, 4) is 0 Å². The lowest BCUT2D eigenvalue weighted by Gasteiger charge is -1.93. The van der Waals surface area contributed by atoms with Crippen LogP contribution in [0.15, 0.2) is 47.4 Å². The Kier molecular flexibility index (Phi) is 3.24. The van der Waals surface area contributed by atoms with E-state index in [0.29, 0.717) is 0 Å². The van der Waals surface area contributed by atoms with Crippen LogP contribution in [-0.2, 0) is 0 Å². The monoisotopic (exact) mass is 164 g/mol. The average molecular weight is 164 g/mol. The van der Waals surface area contributed by atoms with Crippen molar-refractivity contribution in [3.63, 3.8) is 0 Å². The number of rotatable bonds is 2. The van der Waals surface area contributed by atoms with E-state index >= 15 is 0 Å². The SMILES string of the molecule is C=C/C=C\C=C1/CSC=C1C. The van der Waals surface area contributed by atoms with Gasteiger partial charge in [0.15, 0.2) is 0 Å². The van der Waals surface area contributed by atoms with Crippen molar-refractivity contribution < 1.29 is 0 Å². The maximum Gasteiger partial charge on any atom is 0.0228 e. The van der Waals surface area contributed by atoms with Crippen molar-refractivity contribution in [2.75, 3.05) is 5.75 Å². The zero-order valence-electron chi connectivity index (χ0n) is 6.71. The summed E-state index contributed by atoms with van der Waals surface area (Å²) in [5.41, 5.74) is 2.82. The second kappa shape index (κ2) is 4.24.